The Bertz CT molecular complexity index is 734. The van der Waals surface area contributed by atoms with Gasteiger partial charge in [-0.25, -0.2) is 13.2 Å². The van der Waals surface area contributed by atoms with Gasteiger partial charge in [0.25, 0.3) is 0 Å². The smallest absolute Gasteiger partial charge is 0.317 e. The number of sulfone groups is 1. The fourth-order valence-corrected chi connectivity index (χ4v) is 4.48. The second kappa shape index (κ2) is 11.6. The lowest BCUT2D eigenvalue weighted by Gasteiger charge is -2.29. The van der Waals surface area contributed by atoms with Crippen LogP contribution in [0.4, 0.5) is 4.79 Å². The highest BCUT2D eigenvalue weighted by molar-refractivity contribution is 7.90. The molecule has 0 aliphatic carbocycles. The van der Waals surface area contributed by atoms with Gasteiger partial charge in [-0.2, -0.15) is 0 Å². The number of nitrogens with zero attached hydrogens (tertiary/aromatic N) is 2. The van der Waals surface area contributed by atoms with Crippen LogP contribution in [0.3, 0.4) is 0 Å². The van der Waals surface area contributed by atoms with Gasteiger partial charge in [0, 0.05) is 31.9 Å². The third kappa shape index (κ3) is 7.97. The van der Waals surface area contributed by atoms with Gasteiger partial charge >= 0.3 is 6.03 Å². The lowest BCUT2D eigenvalue weighted by atomic mass is 10.1. The summed E-state index contributed by atoms with van der Waals surface area (Å²) < 4.78 is 23.2. The summed E-state index contributed by atoms with van der Waals surface area (Å²) in [4.78, 5) is 16.8. The summed E-state index contributed by atoms with van der Waals surface area (Å²) in [6, 6.07) is 7.73. The standard InChI is InChI=1S/C22H37N3O3S/c1-4-14-24(15-7-8-17-25-16-6-5-13-23-22(25)26)19(2)18-20-9-11-21(12-10-20)29(3,27)28/h9-12,19H,4-8,13-18H2,1-3H3,(H,23,26). The number of carbonyl (C=O) groups excluding carboxylic acids is 1. The van der Waals surface area contributed by atoms with Crippen LogP contribution in [0.2, 0.25) is 0 Å². The summed E-state index contributed by atoms with van der Waals surface area (Å²) >= 11 is 0. The molecule has 29 heavy (non-hydrogen) atoms. The van der Waals surface area contributed by atoms with Gasteiger partial charge in [0.15, 0.2) is 9.84 Å². The minimum absolute atomic E-state index is 0.0822. The van der Waals surface area contributed by atoms with E-state index in [2.05, 4.69) is 24.1 Å². The molecule has 1 aliphatic heterocycles. The second-order valence-corrected chi connectivity index (χ2v) is 10.2. The number of carbonyl (C=O) groups is 1. The van der Waals surface area contributed by atoms with Crippen molar-refractivity contribution in [2.45, 2.75) is 63.3 Å². The van der Waals surface area contributed by atoms with E-state index in [1.165, 1.54) is 6.26 Å². The SMILES string of the molecule is CCCN(CCCCN1CCCCNC1=O)C(C)Cc1ccc(S(C)(=O)=O)cc1. The maximum absolute atomic E-state index is 12.0. The van der Waals surface area contributed by atoms with E-state index < -0.39 is 9.84 Å². The molecule has 0 saturated carbocycles. The fourth-order valence-electron chi connectivity index (χ4n) is 3.85. The summed E-state index contributed by atoms with van der Waals surface area (Å²) in [5.41, 5.74) is 1.16. The molecule has 1 unspecified atom stereocenters. The summed E-state index contributed by atoms with van der Waals surface area (Å²) in [5, 5.41) is 2.96. The third-order valence-corrected chi connectivity index (χ3v) is 6.69. The average molecular weight is 424 g/mol. The largest absolute Gasteiger partial charge is 0.338 e. The molecule has 0 aromatic heterocycles. The van der Waals surface area contributed by atoms with Gasteiger partial charge in [-0.1, -0.05) is 19.1 Å². The molecule has 2 rings (SSSR count). The van der Waals surface area contributed by atoms with E-state index in [4.69, 9.17) is 0 Å². The molecule has 1 aliphatic rings. The van der Waals surface area contributed by atoms with Crippen LogP contribution in [0.25, 0.3) is 0 Å². The van der Waals surface area contributed by atoms with Crippen LogP contribution in [0.5, 0.6) is 0 Å². The predicted molar refractivity (Wildman–Crippen MR) is 118 cm³/mol. The van der Waals surface area contributed by atoms with E-state index in [1.54, 1.807) is 12.1 Å². The minimum Gasteiger partial charge on any atom is -0.338 e. The maximum Gasteiger partial charge on any atom is 0.317 e. The molecule has 6 nitrogen and oxygen atoms in total. The van der Waals surface area contributed by atoms with E-state index in [9.17, 15) is 13.2 Å². The van der Waals surface area contributed by atoms with Gasteiger partial charge in [0.05, 0.1) is 4.90 Å². The maximum atomic E-state index is 12.0. The highest BCUT2D eigenvalue weighted by Crippen LogP contribution is 2.15. The van der Waals surface area contributed by atoms with Crippen molar-refractivity contribution in [1.82, 2.24) is 15.1 Å². The van der Waals surface area contributed by atoms with E-state index in [0.29, 0.717) is 10.9 Å². The second-order valence-electron chi connectivity index (χ2n) is 8.14. The molecule has 2 amide bonds. The van der Waals surface area contributed by atoms with E-state index in [0.717, 1.165) is 76.8 Å². The van der Waals surface area contributed by atoms with E-state index in [1.807, 2.05) is 17.0 Å². The Morgan fingerprint density at radius 3 is 2.52 bits per heavy atom. The molecule has 1 N–H and O–H groups in total. The highest BCUT2D eigenvalue weighted by atomic mass is 32.2. The van der Waals surface area contributed by atoms with Crippen LogP contribution in [-0.4, -0.2) is 69.3 Å². The fraction of sp³-hybridized carbons (Fsp3) is 0.682. The van der Waals surface area contributed by atoms with Crippen molar-refractivity contribution >= 4 is 15.9 Å². The number of rotatable bonds is 11. The van der Waals surface area contributed by atoms with Crippen LogP contribution in [0, 0.1) is 0 Å². The van der Waals surface area contributed by atoms with Crippen LogP contribution >= 0.6 is 0 Å². The normalized spacial score (nSPS) is 16.6. The van der Waals surface area contributed by atoms with Crippen molar-refractivity contribution in [3.63, 3.8) is 0 Å². The highest BCUT2D eigenvalue weighted by Gasteiger charge is 2.17. The molecule has 0 bridgehead atoms. The lowest BCUT2D eigenvalue weighted by Crippen LogP contribution is -2.39. The topological polar surface area (TPSA) is 69.7 Å². The van der Waals surface area contributed by atoms with Gasteiger partial charge < -0.3 is 15.1 Å². The Kier molecular flexibility index (Phi) is 9.43. The number of hydrogen-bond acceptors (Lipinski definition) is 4. The van der Waals surface area contributed by atoms with Crippen molar-refractivity contribution in [1.29, 1.82) is 0 Å². The Labute approximate surface area is 176 Å². The molecule has 1 atom stereocenters. The zero-order chi connectivity index (χ0) is 21.3. The van der Waals surface area contributed by atoms with Gasteiger partial charge in [-0.3, -0.25) is 0 Å². The summed E-state index contributed by atoms with van der Waals surface area (Å²) in [7, 11) is -3.15. The summed E-state index contributed by atoms with van der Waals surface area (Å²) in [6.45, 7) is 8.99. The van der Waals surface area contributed by atoms with Gasteiger partial charge in [0.2, 0.25) is 0 Å². The van der Waals surface area contributed by atoms with Crippen LogP contribution < -0.4 is 5.32 Å². The number of amides is 2. The van der Waals surface area contributed by atoms with Gasteiger partial charge in [-0.15, -0.1) is 0 Å². The molecule has 1 saturated heterocycles. The Hall–Kier alpha value is -1.60. The van der Waals surface area contributed by atoms with E-state index >= 15 is 0 Å². The van der Waals surface area contributed by atoms with Crippen LogP contribution in [0.1, 0.15) is 51.5 Å². The molecular weight excluding hydrogens is 386 g/mol. The first-order chi connectivity index (χ1) is 13.8. The third-order valence-electron chi connectivity index (χ3n) is 5.56. The van der Waals surface area contributed by atoms with Gasteiger partial charge in [-0.05, 0) is 76.2 Å². The molecule has 0 spiro atoms. The van der Waals surface area contributed by atoms with Crippen LogP contribution in [0.15, 0.2) is 29.2 Å². The van der Waals surface area contributed by atoms with Crippen molar-refractivity contribution < 1.29 is 13.2 Å². The zero-order valence-corrected chi connectivity index (χ0v) is 19.0. The monoisotopic (exact) mass is 423 g/mol. The molecule has 1 fully saturated rings. The number of unbranched alkanes of at least 4 members (excludes halogenated alkanes) is 1. The molecule has 1 aromatic rings. The Morgan fingerprint density at radius 1 is 1.14 bits per heavy atom. The van der Waals surface area contributed by atoms with Crippen molar-refractivity contribution in [2.24, 2.45) is 0 Å². The minimum atomic E-state index is -3.15. The molecule has 164 valence electrons. The average Bonchev–Trinajstić information content (AvgIpc) is 2.88. The molecule has 7 heteroatoms. The summed E-state index contributed by atoms with van der Waals surface area (Å²) in [6.07, 6.45) is 7.48. The first-order valence-electron chi connectivity index (χ1n) is 10.9. The Balaban J connectivity index is 1.82. The van der Waals surface area contributed by atoms with Crippen molar-refractivity contribution in [3.05, 3.63) is 29.8 Å². The molecule has 1 aromatic carbocycles. The zero-order valence-electron chi connectivity index (χ0n) is 18.2. The number of hydrogen-bond donors (Lipinski definition) is 1. The number of benzene rings is 1. The quantitative estimate of drug-likeness (QED) is 0.554. The molecule has 1 heterocycles. The number of nitrogens with one attached hydrogen (secondary N) is 1. The molecular formula is C22H37N3O3S. The Morgan fingerprint density at radius 2 is 1.86 bits per heavy atom. The first-order valence-corrected chi connectivity index (χ1v) is 12.8. The van der Waals surface area contributed by atoms with E-state index in [-0.39, 0.29) is 6.03 Å². The van der Waals surface area contributed by atoms with Gasteiger partial charge in [0.1, 0.15) is 0 Å². The lowest BCUT2D eigenvalue weighted by molar-refractivity contribution is 0.189. The number of urea groups is 1. The van der Waals surface area contributed by atoms with Crippen molar-refractivity contribution in [2.75, 3.05) is 39.0 Å². The summed E-state index contributed by atoms with van der Waals surface area (Å²) in [5.74, 6) is 0. The van der Waals surface area contributed by atoms with Crippen LogP contribution in [-0.2, 0) is 16.3 Å². The molecule has 0 radical (unpaired) electrons. The predicted octanol–water partition coefficient (Wildman–Crippen LogP) is 3.32. The van der Waals surface area contributed by atoms with Crippen molar-refractivity contribution in [3.8, 4) is 0 Å². The first kappa shape index (κ1) is 23.7.